The number of ether oxygens (including phenoxy) is 1. The molecule has 1 aliphatic rings. The standard InChI is InChI=1S/C19H16BrN3O2/c1-25-17-8-7-12(20)9-15(17)14-10-18(24)22-19-16(14)11-21-23(19)13-5-3-2-4-6-13/h2-9,11,14H,10H2,1H3,(H,22,24). The highest BCUT2D eigenvalue weighted by atomic mass is 79.9. The maximum absolute atomic E-state index is 12.4. The van der Waals surface area contributed by atoms with E-state index in [0.29, 0.717) is 6.42 Å². The molecule has 6 heteroatoms. The van der Waals surface area contributed by atoms with E-state index in [4.69, 9.17) is 4.74 Å². The highest BCUT2D eigenvalue weighted by Crippen LogP contribution is 2.42. The lowest BCUT2D eigenvalue weighted by atomic mass is 9.87. The number of nitrogens with one attached hydrogen (secondary N) is 1. The van der Waals surface area contributed by atoms with Gasteiger partial charge >= 0.3 is 0 Å². The van der Waals surface area contributed by atoms with Gasteiger partial charge in [-0.3, -0.25) is 4.79 Å². The molecular weight excluding hydrogens is 382 g/mol. The Kier molecular flexibility index (Phi) is 4.05. The molecule has 0 saturated heterocycles. The number of fused-ring (bicyclic) bond motifs is 1. The SMILES string of the molecule is COc1ccc(Br)cc1C1CC(=O)Nc2c1cnn2-c1ccccc1. The number of rotatable bonds is 3. The molecule has 4 rings (SSSR count). The van der Waals surface area contributed by atoms with Gasteiger partial charge in [0.1, 0.15) is 11.6 Å². The highest BCUT2D eigenvalue weighted by molar-refractivity contribution is 9.10. The molecular formula is C19H16BrN3O2. The number of hydrogen-bond acceptors (Lipinski definition) is 3. The molecule has 126 valence electrons. The summed E-state index contributed by atoms with van der Waals surface area (Å²) < 4.78 is 8.23. The van der Waals surface area contributed by atoms with Crippen LogP contribution in [0.15, 0.2) is 59.2 Å². The molecule has 2 aromatic carbocycles. The molecule has 5 nitrogen and oxygen atoms in total. The summed E-state index contributed by atoms with van der Waals surface area (Å²) in [6.45, 7) is 0. The first-order chi connectivity index (χ1) is 12.2. The molecule has 1 unspecified atom stereocenters. The van der Waals surface area contributed by atoms with E-state index in [1.165, 1.54) is 0 Å². The number of carbonyl (C=O) groups excluding carboxylic acids is 1. The fraction of sp³-hybridized carbons (Fsp3) is 0.158. The molecule has 1 aliphatic heterocycles. The Balaban J connectivity index is 1.86. The predicted molar refractivity (Wildman–Crippen MR) is 99.3 cm³/mol. The van der Waals surface area contributed by atoms with E-state index in [1.54, 1.807) is 11.8 Å². The first-order valence-corrected chi connectivity index (χ1v) is 8.73. The van der Waals surface area contributed by atoms with Crippen molar-refractivity contribution in [2.24, 2.45) is 0 Å². The minimum atomic E-state index is -0.103. The lowest BCUT2D eigenvalue weighted by molar-refractivity contribution is -0.116. The van der Waals surface area contributed by atoms with Gasteiger partial charge in [-0.05, 0) is 30.3 Å². The van der Waals surface area contributed by atoms with Crippen molar-refractivity contribution in [1.29, 1.82) is 0 Å². The second-order valence-corrected chi connectivity index (χ2v) is 6.80. The molecule has 0 saturated carbocycles. The van der Waals surface area contributed by atoms with Crippen molar-refractivity contribution in [3.05, 3.63) is 70.3 Å². The second kappa shape index (κ2) is 6.37. The maximum Gasteiger partial charge on any atom is 0.226 e. The van der Waals surface area contributed by atoms with E-state index in [9.17, 15) is 4.79 Å². The molecule has 0 radical (unpaired) electrons. The van der Waals surface area contributed by atoms with Gasteiger partial charge in [0, 0.05) is 27.9 Å². The molecule has 2 heterocycles. The smallest absolute Gasteiger partial charge is 0.226 e. The molecule has 0 bridgehead atoms. The van der Waals surface area contributed by atoms with Crippen LogP contribution in [0.25, 0.3) is 5.69 Å². The Morgan fingerprint density at radius 3 is 2.76 bits per heavy atom. The van der Waals surface area contributed by atoms with Gasteiger partial charge in [-0.1, -0.05) is 34.1 Å². The fourth-order valence-corrected chi connectivity index (χ4v) is 3.62. The van der Waals surface area contributed by atoms with E-state index < -0.39 is 0 Å². The highest BCUT2D eigenvalue weighted by Gasteiger charge is 2.32. The van der Waals surface area contributed by atoms with Crippen molar-refractivity contribution in [2.75, 3.05) is 12.4 Å². The van der Waals surface area contributed by atoms with Gasteiger partial charge in [0.05, 0.1) is 19.0 Å². The summed E-state index contributed by atoms with van der Waals surface area (Å²) in [6.07, 6.45) is 2.19. The predicted octanol–water partition coefficient (Wildman–Crippen LogP) is 4.12. The van der Waals surface area contributed by atoms with Crippen molar-refractivity contribution in [3.8, 4) is 11.4 Å². The molecule has 1 N–H and O–H groups in total. The van der Waals surface area contributed by atoms with E-state index in [-0.39, 0.29) is 11.8 Å². The maximum atomic E-state index is 12.4. The average molecular weight is 398 g/mol. The topological polar surface area (TPSA) is 56.1 Å². The number of halogens is 1. The summed E-state index contributed by atoms with van der Waals surface area (Å²) in [5, 5.41) is 7.47. The summed E-state index contributed by atoms with van der Waals surface area (Å²) in [5.41, 5.74) is 2.87. The first kappa shape index (κ1) is 15.9. The fourth-order valence-electron chi connectivity index (χ4n) is 3.24. The van der Waals surface area contributed by atoms with Crippen LogP contribution in [0.3, 0.4) is 0 Å². The number of methoxy groups -OCH3 is 1. The van der Waals surface area contributed by atoms with Crippen molar-refractivity contribution in [1.82, 2.24) is 9.78 Å². The summed E-state index contributed by atoms with van der Waals surface area (Å²) in [4.78, 5) is 12.4. The third kappa shape index (κ3) is 2.82. The van der Waals surface area contributed by atoms with Crippen LogP contribution >= 0.6 is 15.9 Å². The van der Waals surface area contributed by atoms with Crippen molar-refractivity contribution in [3.63, 3.8) is 0 Å². The molecule has 0 aliphatic carbocycles. The van der Waals surface area contributed by atoms with Crippen LogP contribution in [-0.4, -0.2) is 22.8 Å². The van der Waals surface area contributed by atoms with Gasteiger partial charge in [0.25, 0.3) is 0 Å². The van der Waals surface area contributed by atoms with Gasteiger partial charge in [-0.25, -0.2) is 4.68 Å². The lowest BCUT2D eigenvalue weighted by Crippen LogP contribution is -2.24. The number of anilines is 1. The second-order valence-electron chi connectivity index (χ2n) is 5.89. The average Bonchev–Trinajstić information content (AvgIpc) is 3.05. The van der Waals surface area contributed by atoms with Crippen LogP contribution in [0.2, 0.25) is 0 Å². The molecule has 3 aromatic rings. The van der Waals surface area contributed by atoms with E-state index in [1.807, 2.05) is 54.7 Å². The summed E-state index contributed by atoms with van der Waals surface area (Å²) in [7, 11) is 1.64. The number of aromatic nitrogens is 2. The monoisotopic (exact) mass is 397 g/mol. The van der Waals surface area contributed by atoms with Gasteiger partial charge in [0.15, 0.2) is 0 Å². The van der Waals surface area contributed by atoms with Crippen LogP contribution in [0.5, 0.6) is 5.75 Å². The van der Waals surface area contributed by atoms with E-state index >= 15 is 0 Å². The number of nitrogens with zero attached hydrogens (tertiary/aromatic N) is 2. The van der Waals surface area contributed by atoms with Crippen molar-refractivity contribution >= 4 is 27.7 Å². The molecule has 1 aromatic heterocycles. The minimum Gasteiger partial charge on any atom is -0.496 e. The molecule has 0 spiro atoms. The number of hydrogen-bond donors (Lipinski definition) is 1. The zero-order valence-corrected chi connectivity index (χ0v) is 15.2. The summed E-state index contributed by atoms with van der Waals surface area (Å²) >= 11 is 3.51. The van der Waals surface area contributed by atoms with Gasteiger partial charge in [-0.15, -0.1) is 0 Å². The Hall–Kier alpha value is -2.60. The number of benzene rings is 2. The summed E-state index contributed by atoms with van der Waals surface area (Å²) in [5.74, 6) is 1.35. The Morgan fingerprint density at radius 1 is 1.20 bits per heavy atom. The van der Waals surface area contributed by atoms with Crippen LogP contribution in [-0.2, 0) is 4.79 Å². The van der Waals surface area contributed by atoms with Gasteiger partial charge in [0.2, 0.25) is 5.91 Å². The molecule has 1 amide bonds. The third-order valence-electron chi connectivity index (χ3n) is 4.39. The van der Waals surface area contributed by atoms with Gasteiger partial charge in [-0.2, -0.15) is 5.10 Å². The molecule has 0 fully saturated rings. The van der Waals surface area contributed by atoms with E-state index in [0.717, 1.165) is 32.9 Å². The number of carbonyl (C=O) groups is 1. The zero-order chi connectivity index (χ0) is 17.4. The van der Waals surface area contributed by atoms with Crippen LogP contribution in [0.4, 0.5) is 5.82 Å². The minimum absolute atomic E-state index is 0.0304. The quantitative estimate of drug-likeness (QED) is 0.722. The third-order valence-corrected chi connectivity index (χ3v) is 4.88. The van der Waals surface area contributed by atoms with Crippen LogP contribution in [0, 0.1) is 0 Å². The van der Waals surface area contributed by atoms with Gasteiger partial charge < -0.3 is 10.1 Å². The zero-order valence-electron chi connectivity index (χ0n) is 13.6. The Bertz CT molecular complexity index is 937. The lowest BCUT2D eigenvalue weighted by Gasteiger charge is -2.25. The normalized spacial score (nSPS) is 16.2. The van der Waals surface area contributed by atoms with Crippen molar-refractivity contribution in [2.45, 2.75) is 12.3 Å². The number of amides is 1. The molecule has 25 heavy (non-hydrogen) atoms. The Labute approximate surface area is 153 Å². The Morgan fingerprint density at radius 2 is 2.00 bits per heavy atom. The van der Waals surface area contributed by atoms with E-state index in [2.05, 4.69) is 26.3 Å². The van der Waals surface area contributed by atoms with Crippen LogP contribution < -0.4 is 10.1 Å². The van der Waals surface area contributed by atoms with Crippen LogP contribution in [0.1, 0.15) is 23.5 Å². The molecule has 1 atom stereocenters. The van der Waals surface area contributed by atoms with Crippen molar-refractivity contribution < 1.29 is 9.53 Å². The summed E-state index contributed by atoms with van der Waals surface area (Å²) in [6, 6.07) is 15.6. The largest absolute Gasteiger partial charge is 0.496 e. The number of para-hydroxylation sites is 1. The first-order valence-electron chi connectivity index (χ1n) is 7.94.